The molecule has 0 fully saturated rings. The summed E-state index contributed by atoms with van der Waals surface area (Å²) in [5.74, 6) is -0.242. The Balaban J connectivity index is 2.65. The number of nitrogens with zero attached hydrogens (tertiary/aromatic N) is 2. The van der Waals surface area contributed by atoms with Gasteiger partial charge in [-0.2, -0.15) is 5.10 Å². The van der Waals surface area contributed by atoms with Crippen molar-refractivity contribution in [3.05, 3.63) is 35.5 Å². The van der Waals surface area contributed by atoms with Crippen LogP contribution in [0.1, 0.15) is 16.1 Å². The predicted octanol–water partition coefficient (Wildman–Crippen LogP) is 1.47. The molecular formula is C12H13N3O3. The van der Waals surface area contributed by atoms with Crippen molar-refractivity contribution in [2.75, 3.05) is 12.8 Å². The highest BCUT2D eigenvalue weighted by molar-refractivity contribution is 5.88. The van der Waals surface area contributed by atoms with Gasteiger partial charge in [-0.15, -0.1) is 0 Å². The monoisotopic (exact) mass is 247 g/mol. The molecule has 6 heteroatoms. The highest BCUT2D eigenvalue weighted by atomic mass is 16.5. The van der Waals surface area contributed by atoms with Crippen LogP contribution in [0.2, 0.25) is 0 Å². The minimum absolute atomic E-state index is 0.0570. The summed E-state index contributed by atoms with van der Waals surface area (Å²) in [6.45, 7) is 1.62. The maximum absolute atomic E-state index is 11.0. The van der Waals surface area contributed by atoms with Crippen LogP contribution in [0.5, 0.6) is 5.75 Å². The van der Waals surface area contributed by atoms with Gasteiger partial charge in [0.15, 0.2) is 5.69 Å². The molecule has 0 bridgehead atoms. The van der Waals surface area contributed by atoms with Gasteiger partial charge in [-0.1, -0.05) is 12.1 Å². The number of carboxylic acid groups (broad SMARTS) is 1. The summed E-state index contributed by atoms with van der Waals surface area (Å²) in [7, 11) is 1.53. The Hall–Kier alpha value is -2.50. The Kier molecular flexibility index (Phi) is 2.93. The van der Waals surface area contributed by atoms with Gasteiger partial charge in [-0.25, -0.2) is 9.48 Å². The third-order valence-electron chi connectivity index (χ3n) is 2.68. The molecule has 6 nitrogen and oxygen atoms in total. The van der Waals surface area contributed by atoms with Gasteiger partial charge in [0.2, 0.25) is 0 Å². The second-order valence-electron chi connectivity index (χ2n) is 3.75. The van der Waals surface area contributed by atoms with Gasteiger partial charge in [0.05, 0.1) is 7.11 Å². The Morgan fingerprint density at radius 3 is 2.67 bits per heavy atom. The fourth-order valence-electron chi connectivity index (χ4n) is 1.70. The molecular weight excluding hydrogens is 234 g/mol. The van der Waals surface area contributed by atoms with Crippen LogP contribution in [-0.2, 0) is 0 Å². The van der Waals surface area contributed by atoms with E-state index in [2.05, 4.69) is 5.10 Å². The molecule has 2 aromatic rings. The van der Waals surface area contributed by atoms with Crippen molar-refractivity contribution in [2.24, 2.45) is 0 Å². The van der Waals surface area contributed by atoms with E-state index in [1.54, 1.807) is 25.1 Å². The quantitative estimate of drug-likeness (QED) is 0.857. The lowest BCUT2D eigenvalue weighted by molar-refractivity contribution is 0.0689. The van der Waals surface area contributed by atoms with E-state index in [0.717, 1.165) is 0 Å². The largest absolute Gasteiger partial charge is 0.494 e. The first-order valence-electron chi connectivity index (χ1n) is 5.28. The van der Waals surface area contributed by atoms with E-state index in [9.17, 15) is 4.79 Å². The Morgan fingerprint density at radius 1 is 1.44 bits per heavy atom. The van der Waals surface area contributed by atoms with Gasteiger partial charge in [0.1, 0.15) is 17.3 Å². The maximum Gasteiger partial charge on any atom is 0.356 e. The predicted molar refractivity (Wildman–Crippen MR) is 66.2 cm³/mol. The normalized spacial score (nSPS) is 10.3. The number of aromatic carboxylic acids is 1. The fraction of sp³-hybridized carbons (Fsp3) is 0.167. The molecule has 0 radical (unpaired) electrons. The molecule has 1 heterocycles. The molecule has 94 valence electrons. The number of carbonyl (C=O) groups is 1. The molecule has 18 heavy (non-hydrogen) atoms. The molecule has 0 atom stereocenters. The Bertz CT molecular complexity index is 605. The number of carboxylic acids is 1. The maximum atomic E-state index is 11.0. The number of hydrogen-bond acceptors (Lipinski definition) is 4. The molecule has 0 amide bonds. The lowest BCUT2D eigenvalue weighted by Gasteiger charge is -2.09. The molecule has 0 aliphatic carbocycles. The topological polar surface area (TPSA) is 90.4 Å². The third-order valence-corrected chi connectivity index (χ3v) is 2.68. The second kappa shape index (κ2) is 4.40. The van der Waals surface area contributed by atoms with Crippen molar-refractivity contribution in [2.45, 2.75) is 6.92 Å². The summed E-state index contributed by atoms with van der Waals surface area (Å²) in [6.07, 6.45) is 0. The van der Waals surface area contributed by atoms with Gasteiger partial charge in [-0.3, -0.25) is 0 Å². The summed E-state index contributed by atoms with van der Waals surface area (Å²) >= 11 is 0. The zero-order valence-electron chi connectivity index (χ0n) is 10.0. The van der Waals surface area contributed by atoms with Crippen LogP contribution < -0.4 is 10.5 Å². The number of anilines is 1. The molecule has 1 aromatic heterocycles. The number of nitrogen functional groups attached to an aromatic ring is 1. The van der Waals surface area contributed by atoms with Gasteiger partial charge >= 0.3 is 5.97 Å². The number of ether oxygens (including phenoxy) is 1. The van der Waals surface area contributed by atoms with Crippen LogP contribution in [0.3, 0.4) is 0 Å². The van der Waals surface area contributed by atoms with Crippen LogP contribution in [-0.4, -0.2) is 28.0 Å². The van der Waals surface area contributed by atoms with E-state index in [1.807, 2.05) is 6.07 Å². The number of benzene rings is 1. The lowest BCUT2D eigenvalue weighted by atomic mass is 10.2. The third kappa shape index (κ3) is 1.77. The summed E-state index contributed by atoms with van der Waals surface area (Å²) in [4.78, 5) is 11.0. The minimum atomic E-state index is -1.10. The number of nitrogens with two attached hydrogens (primary N) is 1. The molecule has 3 N–H and O–H groups in total. The molecule has 0 saturated heterocycles. The van der Waals surface area contributed by atoms with Gasteiger partial charge in [0, 0.05) is 5.56 Å². The first-order valence-corrected chi connectivity index (χ1v) is 5.28. The minimum Gasteiger partial charge on any atom is -0.494 e. The van der Waals surface area contributed by atoms with Crippen molar-refractivity contribution in [3.8, 4) is 11.4 Å². The SMILES string of the molecule is COc1ccccc1-n1nc(C(=O)O)c(C)c1N. The highest BCUT2D eigenvalue weighted by Gasteiger charge is 2.19. The van der Waals surface area contributed by atoms with Crippen molar-refractivity contribution >= 4 is 11.8 Å². The molecule has 0 aliphatic rings. The molecule has 1 aromatic carbocycles. The first kappa shape index (κ1) is 12.0. The molecule has 0 saturated carbocycles. The molecule has 2 rings (SSSR count). The van der Waals surface area contributed by atoms with Crippen LogP contribution >= 0.6 is 0 Å². The average Bonchev–Trinajstić information content (AvgIpc) is 2.66. The molecule has 0 aliphatic heterocycles. The summed E-state index contributed by atoms with van der Waals surface area (Å²) in [6, 6.07) is 7.13. The van der Waals surface area contributed by atoms with Crippen LogP contribution in [0.25, 0.3) is 5.69 Å². The summed E-state index contributed by atoms with van der Waals surface area (Å²) < 4.78 is 6.57. The van der Waals surface area contributed by atoms with E-state index in [1.165, 1.54) is 11.8 Å². The molecule has 0 spiro atoms. The number of aromatic nitrogens is 2. The fourth-order valence-corrected chi connectivity index (χ4v) is 1.70. The van der Waals surface area contributed by atoms with E-state index in [-0.39, 0.29) is 11.5 Å². The second-order valence-corrected chi connectivity index (χ2v) is 3.75. The zero-order chi connectivity index (χ0) is 13.3. The van der Waals surface area contributed by atoms with Crippen LogP contribution in [0, 0.1) is 6.92 Å². The van der Waals surface area contributed by atoms with Crippen LogP contribution in [0.15, 0.2) is 24.3 Å². The first-order chi connectivity index (χ1) is 8.56. The summed E-state index contributed by atoms with van der Waals surface area (Å²) in [5, 5.41) is 13.0. The van der Waals surface area contributed by atoms with Crippen molar-refractivity contribution < 1.29 is 14.6 Å². The van der Waals surface area contributed by atoms with Crippen molar-refractivity contribution in [1.82, 2.24) is 9.78 Å². The Labute approximate surface area is 104 Å². The van der Waals surface area contributed by atoms with Gasteiger partial charge in [-0.05, 0) is 19.1 Å². The number of para-hydroxylation sites is 2. The highest BCUT2D eigenvalue weighted by Crippen LogP contribution is 2.26. The average molecular weight is 247 g/mol. The zero-order valence-corrected chi connectivity index (χ0v) is 10.0. The summed E-state index contributed by atoms with van der Waals surface area (Å²) in [5.41, 5.74) is 6.86. The van der Waals surface area contributed by atoms with Crippen molar-refractivity contribution in [3.63, 3.8) is 0 Å². The van der Waals surface area contributed by atoms with Crippen molar-refractivity contribution in [1.29, 1.82) is 0 Å². The van der Waals surface area contributed by atoms with E-state index in [4.69, 9.17) is 15.6 Å². The lowest BCUT2D eigenvalue weighted by Crippen LogP contribution is -2.05. The Morgan fingerprint density at radius 2 is 2.11 bits per heavy atom. The number of methoxy groups -OCH3 is 1. The van der Waals surface area contributed by atoms with E-state index < -0.39 is 5.97 Å². The van der Waals surface area contributed by atoms with Gasteiger partial charge < -0.3 is 15.6 Å². The van der Waals surface area contributed by atoms with E-state index in [0.29, 0.717) is 17.0 Å². The molecule has 0 unspecified atom stereocenters. The van der Waals surface area contributed by atoms with Crippen LogP contribution in [0.4, 0.5) is 5.82 Å². The smallest absolute Gasteiger partial charge is 0.356 e. The number of rotatable bonds is 3. The van der Waals surface area contributed by atoms with E-state index >= 15 is 0 Å². The standard InChI is InChI=1S/C12H13N3O3/c1-7-10(12(16)17)14-15(11(7)13)8-5-3-4-6-9(8)18-2/h3-6H,13H2,1-2H3,(H,16,17). The van der Waals surface area contributed by atoms with Gasteiger partial charge in [0.25, 0.3) is 0 Å². The number of hydrogen-bond donors (Lipinski definition) is 2.